The van der Waals surface area contributed by atoms with Crippen molar-refractivity contribution in [3.8, 4) is 11.3 Å². The average Bonchev–Trinajstić information content (AvgIpc) is 3.46. The molecule has 1 aliphatic heterocycles. The summed E-state index contributed by atoms with van der Waals surface area (Å²) in [4.78, 5) is 8.15. The number of nitrogens with two attached hydrogens (primary N) is 1. The largest absolute Gasteiger partial charge is 0.387 e. The Morgan fingerprint density at radius 3 is 2.73 bits per heavy atom. The third-order valence-electron chi connectivity index (χ3n) is 5.73. The van der Waals surface area contributed by atoms with Crippen molar-refractivity contribution in [3.05, 3.63) is 59.1 Å². The number of aryl methyl sites for hydroxylation is 1. The topological polar surface area (TPSA) is 132 Å². The number of hydrogen-bond donors (Lipinski definition) is 3. The lowest BCUT2D eigenvalue weighted by molar-refractivity contribution is -0.0285. The fraction of sp³-hybridized carbons (Fsp3) is 0.318. The SMILES string of the molecule is Cc1noc(-c2ccccc2)c1CSC[C@H]1O[C@@H](n2ccc3c(N)nc(Cl)nc32)[C@H](O)[C@@H]1O. The summed E-state index contributed by atoms with van der Waals surface area (Å²) in [6.07, 6.45) is -1.92. The molecule has 1 aliphatic rings. The summed E-state index contributed by atoms with van der Waals surface area (Å²) in [5, 5.41) is 26.0. The second kappa shape index (κ2) is 8.96. The number of nitrogens with zero attached hydrogens (tertiary/aromatic N) is 4. The van der Waals surface area contributed by atoms with Crippen LogP contribution in [0.4, 0.5) is 5.82 Å². The zero-order chi connectivity index (χ0) is 23.1. The van der Waals surface area contributed by atoms with Crippen LogP contribution < -0.4 is 5.73 Å². The third-order valence-corrected chi connectivity index (χ3v) is 6.96. The van der Waals surface area contributed by atoms with Gasteiger partial charge in [0, 0.05) is 28.8 Å². The molecule has 0 spiro atoms. The number of rotatable bonds is 6. The lowest BCUT2D eigenvalue weighted by Crippen LogP contribution is -2.32. The fourth-order valence-electron chi connectivity index (χ4n) is 3.98. The van der Waals surface area contributed by atoms with Gasteiger partial charge in [-0.2, -0.15) is 16.7 Å². The number of benzene rings is 1. The molecule has 0 amide bonds. The molecule has 1 saturated heterocycles. The normalized spacial score (nSPS) is 22.9. The molecular weight excluding hydrogens is 466 g/mol. The van der Waals surface area contributed by atoms with E-state index in [4.69, 9.17) is 26.6 Å². The van der Waals surface area contributed by atoms with Crippen LogP contribution in [0.2, 0.25) is 5.28 Å². The van der Waals surface area contributed by atoms with Crippen LogP contribution >= 0.6 is 23.4 Å². The van der Waals surface area contributed by atoms with Crippen LogP contribution in [0.1, 0.15) is 17.5 Å². The van der Waals surface area contributed by atoms with Crippen molar-refractivity contribution in [2.24, 2.45) is 0 Å². The maximum absolute atomic E-state index is 10.7. The first-order chi connectivity index (χ1) is 15.9. The van der Waals surface area contributed by atoms with Gasteiger partial charge in [0.15, 0.2) is 12.0 Å². The quantitative estimate of drug-likeness (QED) is 0.350. The van der Waals surface area contributed by atoms with Crippen LogP contribution in [-0.4, -0.2) is 54.0 Å². The van der Waals surface area contributed by atoms with E-state index in [1.54, 1.807) is 28.6 Å². The monoisotopic (exact) mass is 487 g/mol. The molecule has 4 aromatic rings. The zero-order valence-corrected chi connectivity index (χ0v) is 19.2. The highest BCUT2D eigenvalue weighted by molar-refractivity contribution is 7.98. The lowest BCUT2D eigenvalue weighted by Gasteiger charge is -2.17. The molecule has 0 bridgehead atoms. The number of aliphatic hydroxyl groups excluding tert-OH is 2. The minimum Gasteiger partial charge on any atom is -0.387 e. The number of nitrogen functional groups attached to an aromatic ring is 1. The predicted molar refractivity (Wildman–Crippen MR) is 126 cm³/mol. The molecular formula is C22H22ClN5O4S. The van der Waals surface area contributed by atoms with Gasteiger partial charge in [0.1, 0.15) is 23.7 Å². The van der Waals surface area contributed by atoms with Crippen LogP contribution in [0.3, 0.4) is 0 Å². The predicted octanol–water partition coefficient (Wildman–Crippen LogP) is 3.18. The highest BCUT2D eigenvalue weighted by Crippen LogP contribution is 2.36. The summed E-state index contributed by atoms with van der Waals surface area (Å²) >= 11 is 7.53. The highest BCUT2D eigenvalue weighted by atomic mass is 35.5. The lowest BCUT2D eigenvalue weighted by atomic mass is 10.1. The minimum atomic E-state index is -1.14. The van der Waals surface area contributed by atoms with Crippen molar-refractivity contribution in [1.29, 1.82) is 0 Å². The Bertz CT molecular complexity index is 1280. The van der Waals surface area contributed by atoms with E-state index in [2.05, 4.69) is 15.1 Å². The van der Waals surface area contributed by atoms with E-state index in [1.165, 1.54) is 0 Å². The van der Waals surface area contributed by atoms with Crippen molar-refractivity contribution in [3.63, 3.8) is 0 Å². The number of aliphatic hydroxyl groups is 2. The average molecular weight is 488 g/mol. The van der Waals surface area contributed by atoms with Gasteiger partial charge in [-0.15, -0.1) is 0 Å². The Morgan fingerprint density at radius 1 is 1.15 bits per heavy atom. The van der Waals surface area contributed by atoms with Gasteiger partial charge >= 0.3 is 0 Å². The van der Waals surface area contributed by atoms with E-state index in [0.717, 1.165) is 22.6 Å². The molecule has 11 heteroatoms. The van der Waals surface area contributed by atoms with Gasteiger partial charge in [-0.25, -0.2) is 4.98 Å². The van der Waals surface area contributed by atoms with Crippen LogP contribution in [-0.2, 0) is 10.5 Å². The second-order valence-electron chi connectivity index (χ2n) is 7.84. The van der Waals surface area contributed by atoms with E-state index < -0.39 is 24.5 Å². The molecule has 4 atom stereocenters. The number of ether oxygens (including phenoxy) is 1. The molecule has 172 valence electrons. The molecule has 0 saturated carbocycles. The first-order valence-corrected chi connectivity index (χ1v) is 11.9. The summed E-state index contributed by atoms with van der Waals surface area (Å²) in [6.45, 7) is 1.91. The fourth-order valence-corrected chi connectivity index (χ4v) is 5.32. The maximum Gasteiger partial charge on any atom is 0.226 e. The molecule has 1 aromatic carbocycles. The van der Waals surface area contributed by atoms with Crippen LogP contribution in [0, 0.1) is 6.92 Å². The van der Waals surface area contributed by atoms with E-state index >= 15 is 0 Å². The van der Waals surface area contributed by atoms with Crippen molar-refractivity contribution in [2.45, 2.75) is 37.2 Å². The van der Waals surface area contributed by atoms with E-state index in [0.29, 0.717) is 22.5 Å². The van der Waals surface area contributed by atoms with Gasteiger partial charge in [0.25, 0.3) is 0 Å². The standard InChI is InChI=1S/C22H22ClN5O4S/c1-11-14(18(32-27-11)12-5-3-2-4-6-12)9-33-10-15-16(29)17(30)21(31-15)28-8-7-13-19(24)25-22(23)26-20(13)28/h2-8,15-17,21,29-30H,9-10H2,1H3,(H2,24,25,26)/t15-,16-,17-,21-/m1/s1. The molecule has 3 aromatic heterocycles. The Morgan fingerprint density at radius 2 is 1.94 bits per heavy atom. The van der Waals surface area contributed by atoms with Gasteiger partial charge in [-0.3, -0.25) is 0 Å². The maximum atomic E-state index is 10.7. The molecule has 33 heavy (non-hydrogen) atoms. The number of halogens is 1. The molecule has 4 N–H and O–H groups in total. The molecule has 0 aliphatic carbocycles. The third kappa shape index (κ3) is 4.09. The van der Waals surface area contributed by atoms with Crippen molar-refractivity contribution in [2.75, 3.05) is 11.5 Å². The van der Waals surface area contributed by atoms with E-state index in [-0.39, 0.29) is 11.1 Å². The van der Waals surface area contributed by atoms with Crippen LogP contribution in [0.15, 0.2) is 47.1 Å². The number of aromatic nitrogens is 4. The van der Waals surface area contributed by atoms with Gasteiger partial charge < -0.3 is 29.8 Å². The van der Waals surface area contributed by atoms with Crippen molar-refractivity contribution in [1.82, 2.24) is 19.7 Å². The van der Waals surface area contributed by atoms with Crippen molar-refractivity contribution >= 4 is 40.2 Å². The first-order valence-electron chi connectivity index (χ1n) is 10.3. The number of anilines is 1. The molecule has 1 fully saturated rings. The summed E-state index contributed by atoms with van der Waals surface area (Å²) in [5.74, 6) is 2.06. The van der Waals surface area contributed by atoms with Crippen LogP contribution in [0.25, 0.3) is 22.4 Å². The summed E-state index contributed by atoms with van der Waals surface area (Å²) in [6, 6.07) is 11.5. The molecule has 0 unspecified atom stereocenters. The smallest absolute Gasteiger partial charge is 0.226 e. The number of fused-ring (bicyclic) bond motifs is 1. The van der Waals surface area contributed by atoms with E-state index in [1.807, 2.05) is 37.3 Å². The second-order valence-corrected chi connectivity index (χ2v) is 9.21. The number of thioether (sulfide) groups is 1. The highest BCUT2D eigenvalue weighted by Gasteiger charge is 2.44. The van der Waals surface area contributed by atoms with Gasteiger partial charge in [-0.1, -0.05) is 35.5 Å². The van der Waals surface area contributed by atoms with Gasteiger partial charge in [-0.05, 0) is 24.6 Å². The molecule has 0 radical (unpaired) electrons. The molecule has 9 nitrogen and oxygen atoms in total. The number of hydrogen-bond acceptors (Lipinski definition) is 9. The minimum absolute atomic E-state index is 0.00148. The van der Waals surface area contributed by atoms with Gasteiger partial charge in [0.2, 0.25) is 5.28 Å². The zero-order valence-electron chi connectivity index (χ0n) is 17.6. The Labute approximate surface area is 198 Å². The molecule has 5 rings (SSSR count). The van der Waals surface area contributed by atoms with Gasteiger partial charge in [0.05, 0.1) is 17.2 Å². The van der Waals surface area contributed by atoms with E-state index in [9.17, 15) is 10.2 Å². The Kier molecular flexibility index (Phi) is 6.02. The van der Waals surface area contributed by atoms with Crippen molar-refractivity contribution < 1.29 is 19.5 Å². The molecule has 4 heterocycles. The Hall–Kier alpha value is -2.63. The summed E-state index contributed by atoms with van der Waals surface area (Å²) in [5.41, 5.74) is 9.13. The Balaban J connectivity index is 1.30. The first kappa shape index (κ1) is 22.2. The summed E-state index contributed by atoms with van der Waals surface area (Å²) < 4.78 is 13.2. The summed E-state index contributed by atoms with van der Waals surface area (Å²) in [7, 11) is 0. The van der Waals surface area contributed by atoms with Crippen LogP contribution in [0.5, 0.6) is 0 Å².